The van der Waals surface area contributed by atoms with Gasteiger partial charge in [-0.2, -0.15) is 0 Å². The first-order valence-corrected chi connectivity index (χ1v) is 9.05. The quantitative estimate of drug-likeness (QED) is 0.690. The van der Waals surface area contributed by atoms with Crippen LogP contribution in [0.15, 0.2) is 0 Å². The molecule has 0 radical (unpaired) electrons. The van der Waals surface area contributed by atoms with Gasteiger partial charge in [0.1, 0.15) is 0 Å². The number of halogens is 1. The van der Waals surface area contributed by atoms with Crippen molar-refractivity contribution in [1.29, 1.82) is 0 Å². The smallest absolute Gasteiger partial charge is 0.220 e. The van der Waals surface area contributed by atoms with E-state index in [4.69, 9.17) is 0 Å². The van der Waals surface area contributed by atoms with Crippen molar-refractivity contribution in [3.05, 3.63) is 0 Å². The van der Waals surface area contributed by atoms with Crippen LogP contribution < -0.4 is 10.6 Å². The second-order valence-electron chi connectivity index (χ2n) is 5.81. The maximum absolute atomic E-state index is 11.7. The Labute approximate surface area is 127 Å². The van der Waals surface area contributed by atoms with Gasteiger partial charge >= 0.3 is 0 Å². The van der Waals surface area contributed by atoms with Crippen LogP contribution in [0.5, 0.6) is 0 Å². The second-order valence-corrected chi connectivity index (χ2v) is 8.03. The van der Waals surface area contributed by atoms with E-state index < -0.39 is 9.84 Å². The van der Waals surface area contributed by atoms with Crippen molar-refractivity contribution >= 4 is 28.2 Å². The molecule has 0 bridgehead atoms. The molecule has 0 spiro atoms. The lowest BCUT2D eigenvalue weighted by atomic mass is 10.0. The highest BCUT2D eigenvalue weighted by molar-refractivity contribution is 7.91. The molecule has 1 atom stereocenters. The van der Waals surface area contributed by atoms with Crippen molar-refractivity contribution in [2.24, 2.45) is 11.8 Å². The number of hydrogen-bond donors (Lipinski definition) is 2. The van der Waals surface area contributed by atoms with Crippen molar-refractivity contribution in [2.45, 2.75) is 32.1 Å². The minimum absolute atomic E-state index is 0. The zero-order valence-corrected chi connectivity index (χ0v) is 13.4. The van der Waals surface area contributed by atoms with E-state index in [0.29, 0.717) is 24.0 Å². The summed E-state index contributed by atoms with van der Waals surface area (Å²) in [6.45, 7) is 2.31. The van der Waals surface area contributed by atoms with Gasteiger partial charge in [-0.15, -0.1) is 12.4 Å². The van der Waals surface area contributed by atoms with E-state index in [1.807, 2.05) is 0 Å². The number of carbonyl (C=O) groups excluding carboxylic acids is 1. The lowest BCUT2D eigenvalue weighted by Crippen LogP contribution is -2.30. The molecule has 2 aliphatic rings. The lowest BCUT2D eigenvalue weighted by Gasteiger charge is -2.09. The van der Waals surface area contributed by atoms with E-state index in [9.17, 15) is 13.2 Å². The zero-order valence-electron chi connectivity index (χ0n) is 11.8. The van der Waals surface area contributed by atoms with Crippen LogP contribution in [0.4, 0.5) is 0 Å². The lowest BCUT2D eigenvalue weighted by molar-refractivity contribution is -0.121. The maximum Gasteiger partial charge on any atom is 0.220 e. The third-order valence-electron chi connectivity index (χ3n) is 3.86. The van der Waals surface area contributed by atoms with Crippen LogP contribution >= 0.6 is 12.4 Å². The van der Waals surface area contributed by atoms with Gasteiger partial charge < -0.3 is 10.6 Å². The summed E-state index contributed by atoms with van der Waals surface area (Å²) in [7, 11) is -2.97. The van der Waals surface area contributed by atoms with Gasteiger partial charge in [0.2, 0.25) is 5.91 Å². The molecule has 2 N–H and O–H groups in total. The molecule has 5 nitrogen and oxygen atoms in total. The van der Waals surface area contributed by atoms with E-state index in [0.717, 1.165) is 38.8 Å². The summed E-state index contributed by atoms with van der Waals surface area (Å²) in [6.07, 6.45) is 4.63. The molecular formula is C13H25ClN2O3S. The van der Waals surface area contributed by atoms with Crippen molar-refractivity contribution in [3.63, 3.8) is 0 Å². The summed E-state index contributed by atoms with van der Waals surface area (Å²) in [4.78, 5) is 11.6. The first-order valence-electron chi connectivity index (χ1n) is 7.23. The number of hydrogen-bond acceptors (Lipinski definition) is 4. The molecule has 1 amide bonds. The van der Waals surface area contributed by atoms with Gasteiger partial charge in [-0.05, 0) is 50.6 Å². The summed E-state index contributed by atoms with van der Waals surface area (Å²) in [5.41, 5.74) is 0. The average Bonchev–Trinajstić information content (AvgIpc) is 2.98. The molecule has 0 aromatic rings. The number of nitrogens with one attached hydrogen (secondary N) is 2. The second kappa shape index (κ2) is 8.20. The monoisotopic (exact) mass is 324 g/mol. The highest BCUT2D eigenvalue weighted by Gasteiger charge is 2.27. The van der Waals surface area contributed by atoms with E-state index in [1.54, 1.807) is 0 Å². The molecule has 0 aromatic heterocycles. The van der Waals surface area contributed by atoms with Gasteiger partial charge in [-0.3, -0.25) is 4.79 Å². The van der Waals surface area contributed by atoms with Crippen LogP contribution in [-0.4, -0.2) is 45.5 Å². The highest BCUT2D eigenvalue weighted by atomic mass is 35.5. The average molecular weight is 325 g/mol. The van der Waals surface area contributed by atoms with Gasteiger partial charge in [-0.1, -0.05) is 0 Å². The molecule has 7 heteroatoms. The van der Waals surface area contributed by atoms with E-state index >= 15 is 0 Å². The Balaban J connectivity index is 0.00000200. The van der Waals surface area contributed by atoms with Crippen molar-refractivity contribution in [1.82, 2.24) is 10.6 Å². The SMILES string of the molecule is Cl.O=C(CCC1CCNC1)NCCS(=O)(=O)CC1CC1. The van der Waals surface area contributed by atoms with Crippen molar-refractivity contribution in [3.8, 4) is 0 Å². The zero-order chi connectivity index (χ0) is 13.7. The van der Waals surface area contributed by atoms with Crippen LogP contribution in [0.3, 0.4) is 0 Å². The molecule has 1 heterocycles. The summed E-state index contributed by atoms with van der Waals surface area (Å²) in [5.74, 6) is 1.35. The normalized spacial score (nSPS) is 22.3. The summed E-state index contributed by atoms with van der Waals surface area (Å²) in [6, 6.07) is 0. The Morgan fingerprint density at radius 1 is 1.20 bits per heavy atom. The Kier molecular flexibility index (Phi) is 7.26. The first kappa shape index (κ1) is 17.7. The third kappa shape index (κ3) is 6.90. The van der Waals surface area contributed by atoms with Crippen LogP contribution in [0.2, 0.25) is 0 Å². The summed E-state index contributed by atoms with van der Waals surface area (Å²) in [5, 5.41) is 5.99. The summed E-state index contributed by atoms with van der Waals surface area (Å²) >= 11 is 0. The van der Waals surface area contributed by atoms with Gasteiger partial charge in [0.15, 0.2) is 9.84 Å². The maximum atomic E-state index is 11.7. The fraction of sp³-hybridized carbons (Fsp3) is 0.923. The van der Waals surface area contributed by atoms with Crippen molar-refractivity contribution in [2.75, 3.05) is 31.1 Å². The Morgan fingerprint density at radius 2 is 1.95 bits per heavy atom. The standard InChI is InChI=1S/C13H24N2O3S.ClH/c16-13(4-3-11-5-6-14-9-11)15-7-8-19(17,18)10-12-1-2-12;/h11-12,14H,1-10H2,(H,15,16);1H. The number of rotatable bonds is 8. The van der Waals surface area contributed by atoms with Gasteiger partial charge in [0, 0.05) is 13.0 Å². The molecule has 2 rings (SSSR count). The molecule has 2 fully saturated rings. The summed E-state index contributed by atoms with van der Waals surface area (Å²) < 4.78 is 23.3. The van der Waals surface area contributed by atoms with E-state index in [1.165, 1.54) is 0 Å². The highest BCUT2D eigenvalue weighted by Crippen LogP contribution is 2.30. The predicted molar refractivity (Wildman–Crippen MR) is 81.8 cm³/mol. The first-order chi connectivity index (χ1) is 9.05. The van der Waals surface area contributed by atoms with E-state index in [-0.39, 0.29) is 30.6 Å². The molecule has 0 aromatic carbocycles. The number of sulfone groups is 1. The largest absolute Gasteiger partial charge is 0.355 e. The number of carbonyl (C=O) groups is 1. The predicted octanol–water partition coefficient (Wildman–Crippen LogP) is 0.739. The van der Waals surface area contributed by atoms with Gasteiger partial charge in [-0.25, -0.2) is 8.42 Å². The Bertz CT molecular complexity index is 404. The molecule has 1 aliphatic carbocycles. The molecular weight excluding hydrogens is 300 g/mol. The topological polar surface area (TPSA) is 75.3 Å². The minimum Gasteiger partial charge on any atom is -0.355 e. The van der Waals surface area contributed by atoms with Gasteiger partial charge in [0.25, 0.3) is 0 Å². The molecule has 1 saturated heterocycles. The van der Waals surface area contributed by atoms with Crippen molar-refractivity contribution < 1.29 is 13.2 Å². The molecule has 1 unspecified atom stereocenters. The fourth-order valence-corrected chi connectivity index (χ4v) is 4.09. The van der Waals surface area contributed by atoms with Gasteiger partial charge in [0.05, 0.1) is 11.5 Å². The molecule has 118 valence electrons. The van der Waals surface area contributed by atoms with Crippen LogP contribution in [-0.2, 0) is 14.6 Å². The Morgan fingerprint density at radius 3 is 2.55 bits per heavy atom. The van der Waals surface area contributed by atoms with E-state index in [2.05, 4.69) is 10.6 Å². The Hall–Kier alpha value is -0.330. The fourth-order valence-electron chi connectivity index (χ4n) is 2.46. The van der Waals surface area contributed by atoms with Crippen LogP contribution in [0, 0.1) is 11.8 Å². The van der Waals surface area contributed by atoms with Crippen LogP contribution in [0.1, 0.15) is 32.1 Å². The molecule has 1 saturated carbocycles. The molecule has 20 heavy (non-hydrogen) atoms. The number of amides is 1. The third-order valence-corrected chi connectivity index (χ3v) is 5.67. The van der Waals surface area contributed by atoms with Crippen LogP contribution in [0.25, 0.3) is 0 Å². The molecule has 1 aliphatic heterocycles. The minimum atomic E-state index is -2.97.